The van der Waals surface area contributed by atoms with Gasteiger partial charge in [0.25, 0.3) is 0 Å². The van der Waals surface area contributed by atoms with Crippen LogP contribution in [0.15, 0.2) is 60.0 Å². The summed E-state index contributed by atoms with van der Waals surface area (Å²) in [5.41, 5.74) is 6.51. The maximum atomic E-state index is 5.75. The molecule has 0 aliphatic heterocycles. The normalized spacial score (nSPS) is 11.6. The summed E-state index contributed by atoms with van der Waals surface area (Å²) in [5.74, 6) is 0.912. The third kappa shape index (κ3) is 6.35. The Morgan fingerprint density at radius 1 is 0.886 bits per heavy atom. The number of fused-ring (bicyclic) bond motifs is 1. The van der Waals surface area contributed by atoms with Gasteiger partial charge in [0.1, 0.15) is 5.75 Å². The van der Waals surface area contributed by atoms with Crippen molar-refractivity contribution in [2.45, 2.75) is 39.2 Å². The number of likely N-dealkylation sites (N-methyl/N-ethyl adjacent to an activating group) is 1. The topological polar surface area (TPSA) is 26.6 Å². The van der Waals surface area contributed by atoms with Crippen molar-refractivity contribution in [3.8, 4) is 27.4 Å². The van der Waals surface area contributed by atoms with E-state index >= 15 is 0 Å². The number of benzene rings is 2. The fourth-order valence-corrected chi connectivity index (χ4v) is 5.63. The highest BCUT2D eigenvalue weighted by atomic mass is 32.1. The van der Waals surface area contributed by atoms with Gasteiger partial charge in [0.2, 0.25) is 0 Å². The number of unbranched alkanes of at least 4 members (excludes halogenated alkanes) is 3. The SMILES string of the molecule is COc1ccc2c(c1)c(C)c(-c1cc(-c3ccccc3)cs1)n2CCCCCCOCCN(C)C. The molecule has 4 nitrogen and oxygen atoms in total. The summed E-state index contributed by atoms with van der Waals surface area (Å²) in [6.45, 7) is 5.94. The molecule has 4 aromatic rings. The molecule has 5 heteroatoms. The number of rotatable bonds is 13. The van der Waals surface area contributed by atoms with Gasteiger partial charge >= 0.3 is 0 Å². The van der Waals surface area contributed by atoms with Gasteiger partial charge in [-0.3, -0.25) is 0 Å². The van der Waals surface area contributed by atoms with Gasteiger partial charge in [0.15, 0.2) is 0 Å². The largest absolute Gasteiger partial charge is 0.497 e. The lowest BCUT2D eigenvalue weighted by atomic mass is 10.1. The van der Waals surface area contributed by atoms with Crippen molar-refractivity contribution in [2.75, 3.05) is 41.0 Å². The summed E-state index contributed by atoms with van der Waals surface area (Å²) < 4.78 is 13.8. The van der Waals surface area contributed by atoms with Crippen LogP contribution in [0.5, 0.6) is 5.75 Å². The molecule has 2 heterocycles. The van der Waals surface area contributed by atoms with Crippen LogP contribution in [-0.2, 0) is 11.3 Å². The van der Waals surface area contributed by atoms with E-state index < -0.39 is 0 Å². The first-order valence-electron chi connectivity index (χ1n) is 12.6. The molecule has 0 saturated heterocycles. The molecule has 2 aromatic heterocycles. The minimum absolute atomic E-state index is 0.820. The molecule has 0 amide bonds. The van der Waals surface area contributed by atoms with Gasteiger partial charge in [0, 0.05) is 30.6 Å². The molecule has 0 radical (unpaired) electrons. The average Bonchev–Trinajstić information content (AvgIpc) is 3.46. The molecule has 0 atom stereocenters. The zero-order valence-corrected chi connectivity index (χ0v) is 22.4. The molecular formula is C30H38N2O2S. The number of aryl methyl sites for hydroxylation is 2. The van der Waals surface area contributed by atoms with Gasteiger partial charge in [0.05, 0.1) is 24.3 Å². The van der Waals surface area contributed by atoms with Gasteiger partial charge < -0.3 is 18.9 Å². The zero-order chi connectivity index (χ0) is 24.6. The predicted octanol–water partition coefficient (Wildman–Crippen LogP) is 7.49. The third-order valence-electron chi connectivity index (χ3n) is 6.57. The summed E-state index contributed by atoms with van der Waals surface area (Å²) in [6.07, 6.45) is 4.72. The maximum Gasteiger partial charge on any atom is 0.119 e. The maximum absolute atomic E-state index is 5.75. The minimum Gasteiger partial charge on any atom is -0.497 e. The molecule has 0 aliphatic carbocycles. The molecule has 4 rings (SSSR count). The Labute approximate surface area is 214 Å². The molecule has 2 aromatic carbocycles. The lowest BCUT2D eigenvalue weighted by Crippen LogP contribution is -2.18. The van der Waals surface area contributed by atoms with E-state index in [2.05, 4.69) is 90.5 Å². The molecule has 0 fully saturated rings. The Bertz CT molecular complexity index is 1210. The van der Waals surface area contributed by atoms with Crippen molar-refractivity contribution in [1.82, 2.24) is 9.47 Å². The van der Waals surface area contributed by atoms with Gasteiger partial charge in [-0.25, -0.2) is 0 Å². The van der Waals surface area contributed by atoms with Crippen LogP contribution < -0.4 is 4.74 Å². The van der Waals surface area contributed by atoms with Gasteiger partial charge in [-0.05, 0) is 80.2 Å². The zero-order valence-electron chi connectivity index (χ0n) is 21.5. The lowest BCUT2D eigenvalue weighted by Gasteiger charge is -2.11. The highest BCUT2D eigenvalue weighted by Gasteiger charge is 2.18. The Morgan fingerprint density at radius 2 is 1.69 bits per heavy atom. The second-order valence-corrected chi connectivity index (χ2v) is 10.3. The molecule has 0 saturated carbocycles. The second kappa shape index (κ2) is 12.4. The van der Waals surface area contributed by atoms with Crippen molar-refractivity contribution in [1.29, 1.82) is 0 Å². The van der Waals surface area contributed by atoms with Crippen molar-refractivity contribution in [3.63, 3.8) is 0 Å². The van der Waals surface area contributed by atoms with E-state index in [4.69, 9.17) is 9.47 Å². The van der Waals surface area contributed by atoms with E-state index in [0.29, 0.717) is 0 Å². The van der Waals surface area contributed by atoms with Crippen molar-refractivity contribution < 1.29 is 9.47 Å². The van der Waals surface area contributed by atoms with Crippen LogP contribution in [0.25, 0.3) is 32.6 Å². The Balaban J connectivity index is 1.49. The van der Waals surface area contributed by atoms with E-state index in [1.54, 1.807) is 7.11 Å². The first kappa shape index (κ1) is 25.5. The third-order valence-corrected chi connectivity index (χ3v) is 7.50. The second-order valence-electron chi connectivity index (χ2n) is 9.40. The lowest BCUT2D eigenvalue weighted by molar-refractivity contribution is 0.114. The average molecular weight is 491 g/mol. The fraction of sp³-hybridized carbons (Fsp3) is 0.400. The molecule has 0 N–H and O–H groups in total. The quantitative estimate of drug-likeness (QED) is 0.182. The van der Waals surface area contributed by atoms with Crippen LogP contribution >= 0.6 is 11.3 Å². The van der Waals surface area contributed by atoms with Crippen LogP contribution in [0.2, 0.25) is 0 Å². The van der Waals surface area contributed by atoms with Gasteiger partial charge in [-0.15, -0.1) is 11.3 Å². The van der Waals surface area contributed by atoms with E-state index in [-0.39, 0.29) is 0 Å². The molecular weight excluding hydrogens is 452 g/mol. The molecule has 35 heavy (non-hydrogen) atoms. The van der Waals surface area contributed by atoms with E-state index in [9.17, 15) is 0 Å². The number of nitrogens with zero attached hydrogens (tertiary/aromatic N) is 2. The first-order chi connectivity index (χ1) is 17.1. The van der Waals surface area contributed by atoms with Gasteiger partial charge in [-0.1, -0.05) is 43.2 Å². The highest BCUT2D eigenvalue weighted by Crippen LogP contribution is 2.40. The van der Waals surface area contributed by atoms with E-state index in [1.807, 2.05) is 11.3 Å². The van der Waals surface area contributed by atoms with Crippen LogP contribution in [0.3, 0.4) is 0 Å². The smallest absolute Gasteiger partial charge is 0.119 e. The Morgan fingerprint density at radius 3 is 2.46 bits per heavy atom. The van der Waals surface area contributed by atoms with Crippen LogP contribution in [0.1, 0.15) is 31.2 Å². The van der Waals surface area contributed by atoms with E-state index in [1.165, 1.54) is 51.0 Å². The Hall–Kier alpha value is -2.60. The fourth-order valence-electron chi connectivity index (χ4n) is 4.60. The summed E-state index contributed by atoms with van der Waals surface area (Å²) in [5, 5.41) is 3.56. The predicted molar refractivity (Wildman–Crippen MR) is 150 cm³/mol. The number of hydrogen-bond acceptors (Lipinski definition) is 4. The van der Waals surface area contributed by atoms with Crippen molar-refractivity contribution >= 4 is 22.2 Å². The minimum atomic E-state index is 0.820. The van der Waals surface area contributed by atoms with Crippen LogP contribution in [0.4, 0.5) is 0 Å². The monoisotopic (exact) mass is 490 g/mol. The molecule has 186 valence electrons. The standard InChI is InChI=1S/C30H38N2O2S/c1-23-27-21-26(33-4)14-15-28(27)32(16-10-5-6-11-18-34-19-17-31(2)3)30(23)29-20-25(22-35-29)24-12-8-7-9-13-24/h7-9,12-15,20-22H,5-6,10-11,16-19H2,1-4H3. The number of methoxy groups -OCH3 is 1. The number of hydrogen-bond donors (Lipinski definition) is 0. The number of aromatic nitrogens is 1. The summed E-state index contributed by atoms with van der Waals surface area (Å²) in [7, 11) is 5.90. The number of thiophene rings is 1. The number of ether oxygens (including phenoxy) is 2. The van der Waals surface area contributed by atoms with E-state index in [0.717, 1.165) is 44.9 Å². The highest BCUT2D eigenvalue weighted by molar-refractivity contribution is 7.14. The summed E-state index contributed by atoms with van der Waals surface area (Å²) in [4.78, 5) is 3.48. The summed E-state index contributed by atoms with van der Waals surface area (Å²) in [6, 6.07) is 19.5. The summed E-state index contributed by atoms with van der Waals surface area (Å²) >= 11 is 1.84. The van der Waals surface area contributed by atoms with Crippen LogP contribution in [-0.4, -0.2) is 50.4 Å². The van der Waals surface area contributed by atoms with Crippen LogP contribution in [0, 0.1) is 6.92 Å². The Kier molecular flexibility index (Phi) is 9.02. The van der Waals surface area contributed by atoms with Gasteiger partial charge in [-0.2, -0.15) is 0 Å². The molecule has 0 spiro atoms. The molecule has 0 unspecified atom stereocenters. The first-order valence-corrected chi connectivity index (χ1v) is 13.5. The molecule has 0 aliphatic rings. The molecule has 0 bridgehead atoms. The van der Waals surface area contributed by atoms with Crippen molar-refractivity contribution in [2.24, 2.45) is 0 Å². The van der Waals surface area contributed by atoms with Crippen molar-refractivity contribution in [3.05, 3.63) is 65.5 Å².